The fourth-order valence-electron chi connectivity index (χ4n) is 9.00. The molecule has 2 aliphatic carbocycles. The minimum atomic E-state index is -0.581. The first kappa shape index (κ1) is 40.5. The third kappa shape index (κ3) is 6.67. The van der Waals surface area contributed by atoms with Gasteiger partial charge < -0.3 is 9.80 Å². The van der Waals surface area contributed by atoms with Crippen molar-refractivity contribution < 1.29 is 9.07 Å². The predicted molar refractivity (Wildman–Crippen MR) is 255 cm³/mol. The molecule has 13 nitrogen and oxygen atoms in total. The first-order valence-corrected chi connectivity index (χ1v) is 22.3. The number of anilines is 4. The molecule has 0 radical (unpaired) electrons. The highest BCUT2D eigenvalue weighted by atomic mass is 35.5. The normalized spacial score (nSPS) is 14.6. The quantitative estimate of drug-likeness (QED) is 0.128. The molecule has 67 heavy (non-hydrogen) atoms. The summed E-state index contributed by atoms with van der Waals surface area (Å²) in [6.07, 6.45) is 8.60. The Morgan fingerprint density at radius 3 is 2.15 bits per heavy atom. The first-order valence-electron chi connectivity index (χ1n) is 21.6. The van der Waals surface area contributed by atoms with E-state index >= 15 is 4.39 Å². The van der Waals surface area contributed by atoms with E-state index < -0.39 is 16.6 Å². The largest absolute Gasteiger partial charge is 0.365 e. The van der Waals surface area contributed by atoms with Gasteiger partial charge in [0.05, 0.1) is 44.6 Å². The molecule has 324 valence electrons. The van der Waals surface area contributed by atoms with Gasteiger partial charge in [-0.25, -0.2) is 4.39 Å². The van der Waals surface area contributed by atoms with Crippen LogP contribution < -0.4 is 14.5 Å². The lowest BCUT2D eigenvalue weighted by Gasteiger charge is -2.22. The van der Waals surface area contributed by atoms with Crippen molar-refractivity contribution >= 4 is 79.6 Å². The minimum absolute atomic E-state index is 0.0316. The molecule has 10 aromatic rings. The molecule has 12 rings (SSSR count). The highest BCUT2D eigenvalue weighted by molar-refractivity contribution is 6.31. The van der Waals surface area contributed by atoms with Gasteiger partial charge in [0.1, 0.15) is 23.5 Å². The van der Waals surface area contributed by atoms with Crippen LogP contribution in [0.25, 0.3) is 61.3 Å². The van der Waals surface area contributed by atoms with E-state index in [4.69, 9.17) is 38.3 Å². The molecule has 0 amide bonds. The van der Waals surface area contributed by atoms with Crippen LogP contribution in [-0.2, 0) is 10.8 Å². The SMILES string of the molecule is CN(c1cc(-c2ccc(C3(C#N)CC3)cc2)cc(-[n+]2cn3c(nc(N(C)c4cccc(-c5ccc(C6(C#N)CC6)nc5)c4)c4ccc(Cl)cc43)n2)c1)c1nc2nncn2c2cc(Cl)c(F)cc12. The van der Waals surface area contributed by atoms with Crippen LogP contribution >= 0.6 is 23.2 Å². The lowest BCUT2D eigenvalue weighted by Crippen LogP contribution is -2.32. The van der Waals surface area contributed by atoms with Crippen molar-refractivity contribution in [1.29, 1.82) is 10.5 Å². The number of halogens is 3. The van der Waals surface area contributed by atoms with Gasteiger partial charge in [-0.15, -0.1) is 10.2 Å². The highest BCUT2D eigenvalue weighted by Gasteiger charge is 2.46. The summed E-state index contributed by atoms with van der Waals surface area (Å²) in [7, 11) is 3.84. The van der Waals surface area contributed by atoms with E-state index in [1.54, 1.807) is 15.1 Å². The van der Waals surface area contributed by atoms with Crippen LogP contribution in [-0.4, -0.2) is 53.1 Å². The van der Waals surface area contributed by atoms with Crippen LogP contribution in [0, 0.1) is 28.5 Å². The second-order valence-electron chi connectivity index (χ2n) is 17.4. The van der Waals surface area contributed by atoms with Crippen LogP contribution in [0.5, 0.6) is 0 Å². The van der Waals surface area contributed by atoms with Crippen LogP contribution in [0.3, 0.4) is 0 Å². The molecule has 2 fully saturated rings. The summed E-state index contributed by atoms with van der Waals surface area (Å²) in [5.74, 6) is 1.27. The second kappa shape index (κ2) is 15.0. The second-order valence-corrected chi connectivity index (χ2v) is 18.2. The van der Waals surface area contributed by atoms with E-state index in [2.05, 4.69) is 33.4 Å². The summed E-state index contributed by atoms with van der Waals surface area (Å²) in [4.78, 5) is 18.6. The van der Waals surface area contributed by atoms with Gasteiger partial charge in [-0.05, 0) is 108 Å². The lowest BCUT2D eigenvalue weighted by molar-refractivity contribution is -0.655. The molecule has 2 aliphatic rings. The van der Waals surface area contributed by atoms with Crippen LogP contribution in [0.4, 0.5) is 27.4 Å². The minimum Gasteiger partial charge on any atom is -0.329 e. The van der Waals surface area contributed by atoms with Crippen LogP contribution in [0.2, 0.25) is 10.0 Å². The van der Waals surface area contributed by atoms with E-state index in [-0.39, 0.29) is 5.02 Å². The van der Waals surface area contributed by atoms with Gasteiger partial charge >= 0.3 is 5.78 Å². The van der Waals surface area contributed by atoms with Crippen LogP contribution in [0.15, 0.2) is 128 Å². The monoisotopic (exact) mass is 918 g/mol. The van der Waals surface area contributed by atoms with Gasteiger partial charge in [0.15, 0.2) is 11.5 Å². The first-order chi connectivity index (χ1) is 32.5. The van der Waals surface area contributed by atoms with Gasteiger partial charge in [-0.1, -0.05) is 70.3 Å². The molecular formula is C51H35Cl2FN13+. The molecule has 0 unspecified atom stereocenters. The number of rotatable bonds is 9. The fourth-order valence-corrected chi connectivity index (χ4v) is 9.33. The Morgan fingerprint density at radius 1 is 0.687 bits per heavy atom. The third-order valence-electron chi connectivity index (χ3n) is 13.3. The maximum atomic E-state index is 15.2. The zero-order valence-corrected chi connectivity index (χ0v) is 37.4. The number of fused-ring (bicyclic) bond motifs is 6. The zero-order valence-electron chi connectivity index (χ0n) is 35.9. The number of hydrogen-bond acceptors (Lipinski definition) is 10. The standard InChI is InChI=1S/C51H35Cl2FN13/c1-63(36-5-3-4-31(18-36)32-8-13-45(57-25-32)51(27-56)16-17-51)46-39-12-11-35(52)21-43(39)66-29-67(62-49(66)60-46)38-20-33(30-6-9-34(10-7-30)50(26-55)14-15-50)19-37(22-38)64(2)47-40-23-42(54)41(53)24-44(40)65-28-58-61-48(65)59-47/h3-13,18-25,28-29H,14-17H2,1-2H3/q+1. The van der Waals surface area contributed by atoms with Crippen molar-refractivity contribution in [2.24, 2.45) is 0 Å². The Labute approximate surface area is 392 Å². The van der Waals surface area contributed by atoms with Crippen molar-refractivity contribution in [3.05, 3.63) is 155 Å². The van der Waals surface area contributed by atoms with E-state index in [1.165, 1.54) is 12.4 Å². The average molecular weight is 920 g/mol. The number of aromatic nitrogens is 9. The predicted octanol–water partition coefficient (Wildman–Crippen LogP) is 10.6. The molecule has 0 aliphatic heterocycles. The summed E-state index contributed by atoms with van der Waals surface area (Å²) in [6, 6.07) is 39.9. The van der Waals surface area contributed by atoms with Crippen molar-refractivity contribution in [3.63, 3.8) is 0 Å². The molecule has 0 bridgehead atoms. The maximum absolute atomic E-state index is 15.2. The zero-order chi connectivity index (χ0) is 45.8. The van der Waals surface area contributed by atoms with Crippen molar-refractivity contribution in [2.75, 3.05) is 23.9 Å². The molecule has 0 spiro atoms. The number of pyridine rings is 1. The van der Waals surface area contributed by atoms with E-state index in [0.29, 0.717) is 50.5 Å². The molecule has 5 heterocycles. The molecule has 16 heteroatoms. The molecule has 0 saturated heterocycles. The molecule has 5 aromatic heterocycles. The van der Waals surface area contributed by atoms with Gasteiger partial charge in [-0.2, -0.15) is 24.9 Å². The van der Waals surface area contributed by atoms with Crippen molar-refractivity contribution in [1.82, 2.24) is 39.0 Å². The lowest BCUT2D eigenvalue weighted by atomic mass is 9.94. The molecule has 5 aromatic carbocycles. The smallest absolute Gasteiger partial charge is 0.329 e. The van der Waals surface area contributed by atoms with E-state index in [1.807, 2.05) is 132 Å². The summed E-state index contributed by atoms with van der Waals surface area (Å²) in [5, 5.41) is 34.9. The average Bonchev–Trinajstić information content (AvgIpc) is 4.25. The molecular weight excluding hydrogens is 885 g/mol. The van der Waals surface area contributed by atoms with Gasteiger partial charge in [0, 0.05) is 59.8 Å². The maximum Gasteiger partial charge on any atom is 0.365 e. The number of nitriles is 2. The van der Waals surface area contributed by atoms with E-state index in [0.717, 1.165) is 75.8 Å². The Bertz CT molecular complexity index is 3770. The fraction of sp³-hybridized carbons (Fsp3) is 0.157. The number of benzene rings is 5. The summed E-state index contributed by atoms with van der Waals surface area (Å²) in [6.45, 7) is 0. The summed E-state index contributed by atoms with van der Waals surface area (Å²) in [5.41, 5.74) is 8.33. The molecule has 0 N–H and O–H groups in total. The topological polar surface area (TPSA) is 144 Å². The van der Waals surface area contributed by atoms with Gasteiger partial charge in [0.2, 0.25) is 0 Å². The Kier molecular flexibility index (Phi) is 9.06. The van der Waals surface area contributed by atoms with Gasteiger partial charge in [-0.3, -0.25) is 9.38 Å². The van der Waals surface area contributed by atoms with Crippen LogP contribution in [0.1, 0.15) is 36.9 Å². The third-order valence-corrected chi connectivity index (χ3v) is 13.8. The Morgan fingerprint density at radius 2 is 1.40 bits per heavy atom. The Balaban J connectivity index is 0.980. The highest BCUT2D eigenvalue weighted by Crippen LogP contribution is 2.48. The molecule has 0 atom stereocenters. The van der Waals surface area contributed by atoms with E-state index in [9.17, 15) is 10.5 Å². The Hall–Kier alpha value is -8.04. The number of nitrogens with zero attached hydrogens (tertiary/aromatic N) is 13. The summed E-state index contributed by atoms with van der Waals surface area (Å²) >= 11 is 13.0. The summed E-state index contributed by atoms with van der Waals surface area (Å²) < 4.78 is 20.6. The van der Waals surface area contributed by atoms with Gasteiger partial charge in [0.25, 0.3) is 12.1 Å². The van der Waals surface area contributed by atoms with Crippen molar-refractivity contribution in [2.45, 2.75) is 36.5 Å². The number of hydrogen-bond donors (Lipinski definition) is 0. The molecule has 2 saturated carbocycles. The van der Waals surface area contributed by atoms with Crippen molar-refractivity contribution in [3.8, 4) is 40.1 Å².